The van der Waals surface area contributed by atoms with Gasteiger partial charge in [0.1, 0.15) is 5.75 Å². The summed E-state index contributed by atoms with van der Waals surface area (Å²) >= 11 is 0. The van der Waals surface area contributed by atoms with E-state index in [1.54, 1.807) is 31.4 Å². The molecular weight excluding hydrogens is 280 g/mol. The number of amides is 2. The van der Waals surface area contributed by atoms with E-state index in [0.29, 0.717) is 17.0 Å². The third-order valence-electron chi connectivity index (χ3n) is 3.24. The normalized spacial score (nSPS) is 10.1. The van der Waals surface area contributed by atoms with Crippen LogP contribution in [-0.4, -0.2) is 18.9 Å². The fraction of sp³-hybridized carbons (Fsp3) is 0.176. The molecule has 0 aliphatic heterocycles. The summed E-state index contributed by atoms with van der Waals surface area (Å²) in [5, 5.41) is 2.78. The summed E-state index contributed by atoms with van der Waals surface area (Å²) in [5.41, 5.74) is 8.08. The Labute approximate surface area is 129 Å². The summed E-state index contributed by atoms with van der Waals surface area (Å²) in [4.78, 5) is 23.1. The molecule has 0 aromatic heterocycles. The van der Waals surface area contributed by atoms with Gasteiger partial charge < -0.3 is 15.8 Å². The van der Waals surface area contributed by atoms with Gasteiger partial charge in [-0.15, -0.1) is 0 Å². The molecule has 0 heterocycles. The van der Waals surface area contributed by atoms with Crippen molar-refractivity contribution in [2.45, 2.75) is 13.3 Å². The van der Waals surface area contributed by atoms with Gasteiger partial charge in [0.05, 0.1) is 13.5 Å². The minimum absolute atomic E-state index is 0.157. The Morgan fingerprint density at radius 3 is 2.41 bits per heavy atom. The molecule has 0 saturated heterocycles. The summed E-state index contributed by atoms with van der Waals surface area (Å²) in [6.07, 6.45) is 0.211. The molecule has 0 unspecified atom stereocenters. The number of nitrogens with one attached hydrogen (secondary N) is 1. The van der Waals surface area contributed by atoms with Crippen molar-refractivity contribution in [1.29, 1.82) is 0 Å². The number of ether oxygens (including phenoxy) is 1. The van der Waals surface area contributed by atoms with Gasteiger partial charge in [0.2, 0.25) is 11.8 Å². The van der Waals surface area contributed by atoms with Crippen LogP contribution < -0.4 is 15.8 Å². The fourth-order valence-corrected chi connectivity index (χ4v) is 2.14. The van der Waals surface area contributed by atoms with Gasteiger partial charge in [0, 0.05) is 16.8 Å². The molecule has 0 fully saturated rings. The molecule has 2 aromatic carbocycles. The number of carbonyl (C=O) groups excluding carboxylic acids is 2. The van der Waals surface area contributed by atoms with Crippen LogP contribution in [0.3, 0.4) is 0 Å². The lowest BCUT2D eigenvalue weighted by Gasteiger charge is -2.10. The van der Waals surface area contributed by atoms with Crippen LogP contribution in [0, 0.1) is 6.92 Å². The Kier molecular flexibility index (Phi) is 4.78. The topological polar surface area (TPSA) is 81.4 Å². The molecule has 2 aromatic rings. The molecule has 0 spiro atoms. The van der Waals surface area contributed by atoms with Crippen LogP contribution >= 0.6 is 0 Å². The van der Waals surface area contributed by atoms with E-state index in [-0.39, 0.29) is 12.3 Å². The molecule has 0 atom stereocenters. The third kappa shape index (κ3) is 3.85. The van der Waals surface area contributed by atoms with E-state index in [4.69, 9.17) is 10.5 Å². The monoisotopic (exact) mass is 298 g/mol. The van der Waals surface area contributed by atoms with Crippen LogP contribution in [0.15, 0.2) is 42.5 Å². The van der Waals surface area contributed by atoms with Gasteiger partial charge in [-0.05, 0) is 37.3 Å². The van der Waals surface area contributed by atoms with Crippen molar-refractivity contribution in [1.82, 2.24) is 0 Å². The molecule has 5 nitrogen and oxygen atoms in total. The second kappa shape index (κ2) is 6.76. The highest BCUT2D eigenvalue weighted by atomic mass is 16.5. The lowest BCUT2D eigenvalue weighted by molar-refractivity contribution is -0.115. The van der Waals surface area contributed by atoms with Gasteiger partial charge >= 0.3 is 0 Å². The second-order valence-electron chi connectivity index (χ2n) is 4.98. The average molecular weight is 298 g/mol. The van der Waals surface area contributed by atoms with E-state index < -0.39 is 5.91 Å². The molecule has 114 valence electrons. The van der Waals surface area contributed by atoms with Crippen molar-refractivity contribution in [2.24, 2.45) is 5.73 Å². The van der Waals surface area contributed by atoms with Crippen LogP contribution in [0.2, 0.25) is 0 Å². The maximum atomic E-state index is 12.1. The maximum Gasteiger partial charge on any atom is 0.248 e. The molecule has 5 heteroatoms. The predicted octanol–water partition coefficient (Wildman–Crippen LogP) is 2.28. The minimum Gasteiger partial charge on any atom is -0.496 e. The van der Waals surface area contributed by atoms with Crippen LogP contribution in [0.5, 0.6) is 5.75 Å². The van der Waals surface area contributed by atoms with Crippen molar-refractivity contribution < 1.29 is 14.3 Å². The third-order valence-corrected chi connectivity index (χ3v) is 3.24. The Morgan fingerprint density at radius 1 is 1.14 bits per heavy atom. The highest BCUT2D eigenvalue weighted by molar-refractivity contribution is 5.95. The number of methoxy groups -OCH3 is 1. The number of benzene rings is 2. The van der Waals surface area contributed by atoms with Crippen LogP contribution in [0.1, 0.15) is 21.5 Å². The summed E-state index contributed by atoms with van der Waals surface area (Å²) < 4.78 is 5.26. The molecule has 22 heavy (non-hydrogen) atoms. The second-order valence-corrected chi connectivity index (χ2v) is 4.98. The first kappa shape index (κ1) is 15.6. The molecular formula is C17H18N2O3. The van der Waals surface area contributed by atoms with E-state index >= 15 is 0 Å². The van der Waals surface area contributed by atoms with E-state index in [1.165, 1.54) is 0 Å². The first-order valence-corrected chi connectivity index (χ1v) is 6.83. The maximum absolute atomic E-state index is 12.1. The van der Waals surface area contributed by atoms with Crippen molar-refractivity contribution in [3.8, 4) is 5.75 Å². The molecule has 3 N–H and O–H groups in total. The summed E-state index contributed by atoms with van der Waals surface area (Å²) in [7, 11) is 1.58. The van der Waals surface area contributed by atoms with Crippen molar-refractivity contribution in [2.75, 3.05) is 12.4 Å². The number of rotatable bonds is 5. The molecule has 0 aliphatic rings. The van der Waals surface area contributed by atoms with Crippen LogP contribution in [0.25, 0.3) is 0 Å². The van der Waals surface area contributed by atoms with Crippen LogP contribution in [0.4, 0.5) is 5.69 Å². The molecule has 2 amide bonds. The van der Waals surface area contributed by atoms with Crippen LogP contribution in [-0.2, 0) is 11.2 Å². The molecule has 0 bridgehead atoms. The van der Waals surface area contributed by atoms with Gasteiger partial charge in [-0.2, -0.15) is 0 Å². The zero-order valence-corrected chi connectivity index (χ0v) is 12.6. The number of nitrogens with two attached hydrogens (primary N) is 1. The predicted molar refractivity (Wildman–Crippen MR) is 85.0 cm³/mol. The highest BCUT2D eigenvalue weighted by Gasteiger charge is 2.10. The molecule has 0 aliphatic carbocycles. The Balaban J connectivity index is 2.07. The minimum atomic E-state index is -0.498. The zero-order valence-electron chi connectivity index (χ0n) is 12.6. The Hall–Kier alpha value is -2.82. The molecule has 0 saturated carbocycles. The number of primary amides is 1. The summed E-state index contributed by atoms with van der Waals surface area (Å²) in [6.45, 7) is 1.96. The number of carbonyl (C=O) groups is 2. The van der Waals surface area contributed by atoms with Gasteiger partial charge in [-0.25, -0.2) is 0 Å². The van der Waals surface area contributed by atoms with Crippen molar-refractivity contribution in [3.63, 3.8) is 0 Å². The summed E-state index contributed by atoms with van der Waals surface area (Å²) in [5.74, 6) is 0.0305. The van der Waals surface area contributed by atoms with Crippen molar-refractivity contribution in [3.05, 3.63) is 59.2 Å². The zero-order chi connectivity index (χ0) is 16.1. The smallest absolute Gasteiger partial charge is 0.248 e. The lowest BCUT2D eigenvalue weighted by atomic mass is 10.1. The standard InChI is InChI=1S/C17H18N2O3/c1-11-3-8-15(22-2)13(9-11)10-16(20)19-14-6-4-12(5-7-14)17(18)21/h3-9H,10H2,1-2H3,(H2,18,21)(H,19,20). The fourth-order valence-electron chi connectivity index (χ4n) is 2.14. The van der Waals surface area contributed by atoms with Gasteiger partial charge in [0.15, 0.2) is 0 Å². The Morgan fingerprint density at radius 2 is 1.82 bits per heavy atom. The highest BCUT2D eigenvalue weighted by Crippen LogP contribution is 2.20. The van der Waals surface area contributed by atoms with E-state index in [2.05, 4.69) is 5.32 Å². The summed E-state index contributed by atoms with van der Waals surface area (Å²) in [6, 6.07) is 12.1. The first-order valence-electron chi connectivity index (χ1n) is 6.83. The number of aryl methyl sites for hydroxylation is 1. The van der Waals surface area contributed by atoms with Gasteiger partial charge in [0.25, 0.3) is 0 Å². The average Bonchev–Trinajstić information content (AvgIpc) is 2.48. The van der Waals surface area contributed by atoms with Gasteiger partial charge in [-0.1, -0.05) is 17.7 Å². The quantitative estimate of drug-likeness (QED) is 0.888. The first-order chi connectivity index (χ1) is 10.5. The number of hydrogen-bond donors (Lipinski definition) is 2. The Bertz CT molecular complexity index is 694. The molecule has 2 rings (SSSR count). The SMILES string of the molecule is COc1ccc(C)cc1CC(=O)Nc1ccc(C(N)=O)cc1. The number of hydrogen-bond acceptors (Lipinski definition) is 3. The molecule has 0 radical (unpaired) electrons. The lowest BCUT2D eigenvalue weighted by Crippen LogP contribution is -2.15. The number of anilines is 1. The largest absolute Gasteiger partial charge is 0.496 e. The van der Waals surface area contributed by atoms with E-state index in [1.807, 2.05) is 25.1 Å². The van der Waals surface area contributed by atoms with E-state index in [0.717, 1.165) is 11.1 Å². The van der Waals surface area contributed by atoms with E-state index in [9.17, 15) is 9.59 Å². The van der Waals surface area contributed by atoms with Gasteiger partial charge in [-0.3, -0.25) is 9.59 Å². The van der Waals surface area contributed by atoms with Crippen molar-refractivity contribution >= 4 is 17.5 Å².